The smallest absolute Gasteiger partial charge is 0.274 e. The van der Waals surface area contributed by atoms with Crippen molar-refractivity contribution in [3.05, 3.63) is 66.5 Å². The Hall–Kier alpha value is -3.28. The van der Waals surface area contributed by atoms with E-state index in [4.69, 9.17) is 0 Å². The molecule has 6 nitrogen and oxygen atoms in total. The summed E-state index contributed by atoms with van der Waals surface area (Å²) in [7, 11) is 0. The van der Waals surface area contributed by atoms with Gasteiger partial charge in [-0.2, -0.15) is 0 Å². The molecule has 1 aromatic heterocycles. The summed E-state index contributed by atoms with van der Waals surface area (Å²) in [6, 6.07) is 11.9. The molecule has 1 aliphatic heterocycles. The van der Waals surface area contributed by atoms with Crippen LogP contribution >= 0.6 is 0 Å². The first kappa shape index (κ1) is 15.9. The number of nitrogens with zero attached hydrogens (tertiary/aromatic N) is 2. The van der Waals surface area contributed by atoms with E-state index in [1.54, 1.807) is 48.7 Å². The highest BCUT2D eigenvalue weighted by molar-refractivity contribution is 6.22. The molecule has 2 fully saturated rings. The van der Waals surface area contributed by atoms with Crippen molar-refractivity contribution in [2.45, 2.75) is 6.42 Å². The third-order valence-electron chi connectivity index (χ3n) is 5.75. The number of pyridine rings is 1. The van der Waals surface area contributed by atoms with E-state index in [1.807, 2.05) is 0 Å². The lowest BCUT2D eigenvalue weighted by atomic mass is 9.85. The number of aromatic nitrogens is 1. The van der Waals surface area contributed by atoms with Crippen molar-refractivity contribution < 1.29 is 14.4 Å². The summed E-state index contributed by atoms with van der Waals surface area (Å²) in [5.74, 6) is -0.558. The van der Waals surface area contributed by atoms with Gasteiger partial charge >= 0.3 is 0 Å². The van der Waals surface area contributed by atoms with Gasteiger partial charge in [-0.3, -0.25) is 24.3 Å². The molecule has 5 rings (SSSR count). The number of hydrogen-bond acceptors (Lipinski definition) is 4. The van der Waals surface area contributed by atoms with Gasteiger partial charge in [0.1, 0.15) is 5.69 Å². The molecule has 0 spiro atoms. The number of carbonyl (C=O) groups excluding carboxylic acids is 3. The lowest BCUT2D eigenvalue weighted by Crippen LogP contribution is -2.32. The predicted octanol–water partition coefficient (Wildman–Crippen LogP) is 2.65. The lowest BCUT2D eigenvalue weighted by molar-refractivity contribution is -0.123. The standard InChI is InChI=1S/C21H17N3O3/c25-19(16-3-1-2-10-22-16)23-14-6-8-15(9-7-14)24-20(26)17-12-4-5-13(11-12)18(17)21(24)27/h1-10,12-13,17-18H,11H2,(H,23,25)/t12-,13+,17?,18?. The normalized spacial score (nSPS) is 27.9. The van der Waals surface area contributed by atoms with Crippen LogP contribution in [-0.4, -0.2) is 22.7 Å². The molecule has 6 heteroatoms. The lowest BCUT2D eigenvalue weighted by Gasteiger charge is -2.17. The topological polar surface area (TPSA) is 79.4 Å². The molecule has 3 amide bonds. The summed E-state index contributed by atoms with van der Waals surface area (Å²) in [6.07, 6.45) is 6.63. The molecule has 1 N–H and O–H groups in total. The van der Waals surface area contributed by atoms with Gasteiger partial charge < -0.3 is 5.32 Å². The molecule has 2 aliphatic carbocycles. The minimum absolute atomic E-state index is 0.105. The molecule has 3 aliphatic rings. The van der Waals surface area contributed by atoms with Gasteiger partial charge in [-0.15, -0.1) is 0 Å². The third-order valence-corrected chi connectivity index (χ3v) is 5.75. The SMILES string of the molecule is O=C(Nc1ccc(N2C(=O)C3C(C2=O)[C@H]2C=C[C@@H]3C2)cc1)c1ccccn1. The molecule has 4 atom stereocenters. The van der Waals surface area contributed by atoms with Crippen LogP contribution in [0.3, 0.4) is 0 Å². The molecule has 2 unspecified atom stereocenters. The molecule has 1 saturated carbocycles. The van der Waals surface area contributed by atoms with E-state index in [-0.39, 0.29) is 41.4 Å². The molecular formula is C21H17N3O3. The summed E-state index contributed by atoms with van der Waals surface area (Å²) >= 11 is 0. The highest BCUT2D eigenvalue weighted by atomic mass is 16.2. The van der Waals surface area contributed by atoms with Crippen LogP contribution in [-0.2, 0) is 9.59 Å². The van der Waals surface area contributed by atoms with Gasteiger partial charge in [0.15, 0.2) is 0 Å². The highest BCUT2D eigenvalue weighted by Crippen LogP contribution is 2.53. The van der Waals surface area contributed by atoms with Gasteiger partial charge in [0.05, 0.1) is 17.5 Å². The first-order valence-electron chi connectivity index (χ1n) is 9.02. The number of carbonyl (C=O) groups is 3. The maximum absolute atomic E-state index is 12.8. The number of imide groups is 1. The monoisotopic (exact) mass is 359 g/mol. The fourth-order valence-electron chi connectivity index (χ4n) is 4.54. The molecule has 2 heterocycles. The Morgan fingerprint density at radius 3 is 2.22 bits per heavy atom. The van der Waals surface area contributed by atoms with Crippen LogP contribution in [0.2, 0.25) is 0 Å². The van der Waals surface area contributed by atoms with E-state index in [1.165, 1.54) is 4.90 Å². The average molecular weight is 359 g/mol. The Morgan fingerprint density at radius 1 is 0.963 bits per heavy atom. The zero-order chi connectivity index (χ0) is 18.5. The minimum atomic E-state index is -0.311. The van der Waals surface area contributed by atoms with Gasteiger partial charge in [0.2, 0.25) is 11.8 Å². The largest absolute Gasteiger partial charge is 0.321 e. The second-order valence-corrected chi connectivity index (χ2v) is 7.23. The number of benzene rings is 1. The highest BCUT2D eigenvalue weighted by Gasteiger charge is 2.59. The number of amides is 3. The van der Waals surface area contributed by atoms with Crippen molar-refractivity contribution in [1.82, 2.24) is 4.98 Å². The van der Waals surface area contributed by atoms with Crippen molar-refractivity contribution in [1.29, 1.82) is 0 Å². The summed E-state index contributed by atoms with van der Waals surface area (Å²) in [5, 5.41) is 2.76. The summed E-state index contributed by atoms with van der Waals surface area (Å²) in [5.41, 5.74) is 1.45. The Kier molecular flexibility index (Phi) is 3.47. The maximum atomic E-state index is 12.8. The number of nitrogens with one attached hydrogen (secondary N) is 1. The number of fused-ring (bicyclic) bond motifs is 5. The van der Waals surface area contributed by atoms with Crippen molar-refractivity contribution >= 4 is 29.1 Å². The summed E-state index contributed by atoms with van der Waals surface area (Å²) in [4.78, 5) is 43.2. The van der Waals surface area contributed by atoms with Crippen molar-refractivity contribution in [2.24, 2.45) is 23.7 Å². The van der Waals surface area contributed by atoms with E-state index >= 15 is 0 Å². The first-order valence-corrected chi connectivity index (χ1v) is 9.02. The van der Waals surface area contributed by atoms with Gasteiger partial charge in [-0.25, -0.2) is 0 Å². The molecule has 0 radical (unpaired) electrons. The maximum Gasteiger partial charge on any atom is 0.274 e. The van der Waals surface area contributed by atoms with Gasteiger partial charge in [0.25, 0.3) is 5.91 Å². The third kappa shape index (κ3) is 2.40. The first-order chi connectivity index (χ1) is 13.1. The second-order valence-electron chi connectivity index (χ2n) is 7.23. The minimum Gasteiger partial charge on any atom is -0.321 e. The van der Waals surface area contributed by atoms with E-state index in [0.717, 1.165) is 6.42 Å². The number of rotatable bonds is 3. The van der Waals surface area contributed by atoms with Crippen LogP contribution in [0, 0.1) is 23.7 Å². The van der Waals surface area contributed by atoms with Crippen LogP contribution in [0.4, 0.5) is 11.4 Å². The predicted molar refractivity (Wildman–Crippen MR) is 98.8 cm³/mol. The fourth-order valence-corrected chi connectivity index (χ4v) is 4.54. The van der Waals surface area contributed by atoms with E-state index in [0.29, 0.717) is 17.1 Å². The van der Waals surface area contributed by atoms with Crippen LogP contribution in [0.1, 0.15) is 16.9 Å². The van der Waals surface area contributed by atoms with Crippen LogP contribution < -0.4 is 10.2 Å². The quantitative estimate of drug-likeness (QED) is 0.675. The zero-order valence-corrected chi connectivity index (χ0v) is 14.4. The van der Waals surface area contributed by atoms with E-state index in [2.05, 4.69) is 22.5 Å². The number of hydrogen-bond donors (Lipinski definition) is 1. The second kappa shape index (κ2) is 5.87. The van der Waals surface area contributed by atoms with Crippen molar-refractivity contribution in [3.8, 4) is 0 Å². The summed E-state index contributed by atoms with van der Waals surface area (Å²) < 4.78 is 0. The van der Waals surface area contributed by atoms with Crippen LogP contribution in [0.25, 0.3) is 0 Å². The van der Waals surface area contributed by atoms with E-state index < -0.39 is 0 Å². The molecule has 2 aromatic rings. The molecule has 134 valence electrons. The van der Waals surface area contributed by atoms with Gasteiger partial charge in [-0.05, 0) is 54.7 Å². The zero-order valence-electron chi connectivity index (χ0n) is 14.4. The average Bonchev–Trinajstić information content (AvgIpc) is 3.37. The molecule has 1 saturated heterocycles. The van der Waals surface area contributed by atoms with Crippen LogP contribution in [0.5, 0.6) is 0 Å². The van der Waals surface area contributed by atoms with Crippen molar-refractivity contribution in [2.75, 3.05) is 10.2 Å². The Balaban J connectivity index is 1.35. The van der Waals surface area contributed by atoms with Gasteiger partial charge in [-0.1, -0.05) is 18.2 Å². The van der Waals surface area contributed by atoms with E-state index in [9.17, 15) is 14.4 Å². The Morgan fingerprint density at radius 2 is 1.63 bits per heavy atom. The molecule has 1 aromatic carbocycles. The number of anilines is 2. The Labute approximate surface area is 155 Å². The molecular weight excluding hydrogens is 342 g/mol. The fraction of sp³-hybridized carbons (Fsp3) is 0.238. The van der Waals surface area contributed by atoms with Gasteiger partial charge in [0, 0.05) is 11.9 Å². The van der Waals surface area contributed by atoms with Crippen molar-refractivity contribution in [3.63, 3.8) is 0 Å². The van der Waals surface area contributed by atoms with Crippen LogP contribution in [0.15, 0.2) is 60.8 Å². The molecule has 2 bridgehead atoms. The Bertz CT molecular complexity index is 938. The number of allylic oxidation sites excluding steroid dienone is 2. The summed E-state index contributed by atoms with van der Waals surface area (Å²) in [6.45, 7) is 0. The molecule has 27 heavy (non-hydrogen) atoms.